The summed E-state index contributed by atoms with van der Waals surface area (Å²) in [4.78, 5) is 33.5. The first kappa shape index (κ1) is 18.1. The number of nitrogens with zero attached hydrogens (tertiary/aromatic N) is 3. The van der Waals surface area contributed by atoms with Crippen LogP contribution in [0, 0.1) is 13.8 Å². The Morgan fingerprint density at radius 1 is 1.40 bits per heavy atom. The number of aryl methyl sites for hydroxylation is 2. The van der Waals surface area contributed by atoms with E-state index in [1.165, 1.54) is 0 Å². The number of likely N-dealkylation sites (tertiary alicyclic amines) is 1. The maximum Gasteiger partial charge on any atom is 0.262 e. The predicted octanol–water partition coefficient (Wildman–Crippen LogP) is 2.32. The van der Waals surface area contributed by atoms with Crippen LogP contribution in [-0.2, 0) is 4.79 Å². The number of piperidine rings is 1. The van der Waals surface area contributed by atoms with Gasteiger partial charge in [-0.25, -0.2) is 4.98 Å². The van der Waals surface area contributed by atoms with E-state index in [9.17, 15) is 9.59 Å². The molecule has 0 bridgehead atoms. The molecule has 25 heavy (non-hydrogen) atoms. The summed E-state index contributed by atoms with van der Waals surface area (Å²) in [6.45, 7) is 9.93. The lowest BCUT2D eigenvalue weighted by molar-refractivity contribution is -0.119. The first-order valence-electron chi connectivity index (χ1n) is 8.82. The molecule has 0 spiro atoms. The number of carbonyl (C=O) groups excluding carboxylic acids is 1. The molecule has 1 amide bonds. The first-order chi connectivity index (χ1) is 11.8. The molecule has 0 aromatic carbocycles. The van der Waals surface area contributed by atoms with Crippen molar-refractivity contribution in [3.05, 3.63) is 26.6 Å². The third-order valence-corrected chi connectivity index (χ3v) is 6.11. The summed E-state index contributed by atoms with van der Waals surface area (Å²) in [5, 5.41) is 0.749. The fraction of sp³-hybridized carbons (Fsp3) is 0.611. The zero-order chi connectivity index (χ0) is 18.3. The lowest BCUT2D eigenvalue weighted by Crippen LogP contribution is -2.44. The lowest BCUT2D eigenvalue weighted by atomic mass is 10.0. The number of primary amides is 1. The molecule has 1 saturated heterocycles. The minimum Gasteiger partial charge on any atom is -0.369 e. The van der Waals surface area contributed by atoms with Gasteiger partial charge in [0.1, 0.15) is 10.7 Å². The maximum atomic E-state index is 13.3. The van der Waals surface area contributed by atoms with Crippen molar-refractivity contribution in [3.8, 4) is 0 Å². The number of fused-ring (bicyclic) bond motifs is 1. The van der Waals surface area contributed by atoms with E-state index in [1.807, 2.05) is 23.3 Å². The monoisotopic (exact) mass is 362 g/mol. The summed E-state index contributed by atoms with van der Waals surface area (Å²) in [5.74, 6) is 0.672. The normalized spacial score (nSPS) is 19.0. The van der Waals surface area contributed by atoms with E-state index in [0.717, 1.165) is 45.9 Å². The predicted molar refractivity (Wildman–Crippen MR) is 101 cm³/mol. The molecule has 0 radical (unpaired) electrons. The molecule has 7 heteroatoms. The molecule has 2 aromatic heterocycles. The van der Waals surface area contributed by atoms with Gasteiger partial charge >= 0.3 is 0 Å². The van der Waals surface area contributed by atoms with Gasteiger partial charge in [0.2, 0.25) is 5.91 Å². The van der Waals surface area contributed by atoms with Crippen molar-refractivity contribution in [2.45, 2.75) is 52.5 Å². The Morgan fingerprint density at radius 2 is 2.12 bits per heavy atom. The lowest BCUT2D eigenvalue weighted by Gasteiger charge is -2.34. The van der Waals surface area contributed by atoms with Crippen molar-refractivity contribution >= 4 is 27.5 Å². The van der Waals surface area contributed by atoms with Gasteiger partial charge in [-0.05, 0) is 38.8 Å². The summed E-state index contributed by atoms with van der Waals surface area (Å²) in [6, 6.07) is 0.0366. The fourth-order valence-electron chi connectivity index (χ4n) is 3.69. The van der Waals surface area contributed by atoms with Crippen LogP contribution in [0.1, 0.15) is 54.9 Å². The van der Waals surface area contributed by atoms with E-state index in [1.54, 1.807) is 11.3 Å². The first-order valence-corrected chi connectivity index (χ1v) is 9.64. The highest BCUT2D eigenvalue weighted by Gasteiger charge is 2.27. The van der Waals surface area contributed by atoms with E-state index < -0.39 is 0 Å². The van der Waals surface area contributed by atoms with E-state index in [2.05, 4.69) is 13.8 Å². The van der Waals surface area contributed by atoms with Crippen LogP contribution in [0.25, 0.3) is 10.2 Å². The standard InChI is InChI=1S/C18H26N4O2S/c1-10(2)16-20-17-15(11(3)12(4)25-17)18(24)22(16)13-6-5-7-21(8-13)9-14(19)23/h10,13H,5-9H2,1-4H3,(H2,19,23). The van der Waals surface area contributed by atoms with E-state index >= 15 is 0 Å². The molecule has 1 aliphatic heterocycles. The molecule has 3 heterocycles. The van der Waals surface area contributed by atoms with E-state index in [-0.39, 0.29) is 30.0 Å². The molecule has 0 aliphatic carbocycles. The molecule has 1 aliphatic rings. The van der Waals surface area contributed by atoms with Crippen molar-refractivity contribution in [3.63, 3.8) is 0 Å². The molecule has 3 rings (SSSR count). The van der Waals surface area contributed by atoms with Gasteiger partial charge in [-0.15, -0.1) is 11.3 Å². The summed E-state index contributed by atoms with van der Waals surface area (Å²) < 4.78 is 1.89. The van der Waals surface area contributed by atoms with Gasteiger partial charge in [0, 0.05) is 17.3 Å². The van der Waals surface area contributed by atoms with E-state index in [4.69, 9.17) is 10.7 Å². The number of aromatic nitrogens is 2. The van der Waals surface area contributed by atoms with Crippen molar-refractivity contribution in [1.82, 2.24) is 14.5 Å². The SMILES string of the molecule is Cc1sc2nc(C(C)C)n(C3CCCN(CC(N)=O)C3)c(=O)c2c1C. The summed E-state index contributed by atoms with van der Waals surface area (Å²) in [5.41, 5.74) is 6.44. The summed E-state index contributed by atoms with van der Waals surface area (Å²) >= 11 is 1.59. The second-order valence-corrected chi connectivity index (χ2v) is 8.46. The van der Waals surface area contributed by atoms with Crippen molar-refractivity contribution in [2.75, 3.05) is 19.6 Å². The molecular weight excluding hydrogens is 336 g/mol. The Morgan fingerprint density at radius 3 is 2.76 bits per heavy atom. The second-order valence-electron chi connectivity index (χ2n) is 7.26. The number of amides is 1. The highest BCUT2D eigenvalue weighted by atomic mass is 32.1. The van der Waals surface area contributed by atoms with Crippen molar-refractivity contribution < 1.29 is 4.79 Å². The average molecular weight is 362 g/mol. The number of thiophene rings is 1. The number of hydrogen-bond acceptors (Lipinski definition) is 5. The Balaban J connectivity index is 2.12. The van der Waals surface area contributed by atoms with Gasteiger partial charge in [0.05, 0.1) is 18.0 Å². The van der Waals surface area contributed by atoms with Gasteiger partial charge in [0.15, 0.2) is 0 Å². The molecule has 1 atom stereocenters. The quantitative estimate of drug-likeness (QED) is 0.905. The van der Waals surface area contributed by atoms with Gasteiger partial charge in [-0.1, -0.05) is 13.8 Å². The van der Waals surface area contributed by atoms with Gasteiger partial charge < -0.3 is 5.73 Å². The highest BCUT2D eigenvalue weighted by molar-refractivity contribution is 7.18. The number of carbonyl (C=O) groups is 1. The van der Waals surface area contributed by atoms with Crippen LogP contribution in [0.3, 0.4) is 0 Å². The van der Waals surface area contributed by atoms with Crippen LogP contribution < -0.4 is 11.3 Å². The smallest absolute Gasteiger partial charge is 0.262 e. The third-order valence-electron chi connectivity index (χ3n) is 5.00. The zero-order valence-corrected chi connectivity index (χ0v) is 16.2. The maximum absolute atomic E-state index is 13.3. The second kappa shape index (κ2) is 6.88. The molecule has 2 N–H and O–H groups in total. The van der Waals surface area contributed by atoms with Gasteiger partial charge in [-0.3, -0.25) is 19.1 Å². The van der Waals surface area contributed by atoms with Crippen LogP contribution in [0.15, 0.2) is 4.79 Å². The minimum absolute atomic E-state index is 0.0366. The largest absolute Gasteiger partial charge is 0.369 e. The van der Waals surface area contributed by atoms with Crippen LogP contribution >= 0.6 is 11.3 Å². The Kier molecular flexibility index (Phi) is 4.97. The van der Waals surface area contributed by atoms with Crippen molar-refractivity contribution in [1.29, 1.82) is 0 Å². The number of nitrogens with two attached hydrogens (primary N) is 1. The highest BCUT2D eigenvalue weighted by Crippen LogP contribution is 2.30. The Bertz CT molecular complexity index is 868. The number of hydrogen-bond donors (Lipinski definition) is 1. The molecule has 1 fully saturated rings. The Labute approximate surface area is 151 Å². The van der Waals surface area contributed by atoms with Gasteiger partial charge in [0.25, 0.3) is 5.56 Å². The zero-order valence-electron chi connectivity index (χ0n) is 15.3. The minimum atomic E-state index is -0.324. The molecular formula is C18H26N4O2S. The summed E-state index contributed by atoms with van der Waals surface area (Å²) in [7, 11) is 0. The summed E-state index contributed by atoms with van der Waals surface area (Å²) in [6.07, 6.45) is 1.87. The van der Waals surface area contributed by atoms with Gasteiger partial charge in [-0.2, -0.15) is 0 Å². The number of rotatable bonds is 4. The van der Waals surface area contributed by atoms with Crippen LogP contribution in [-0.4, -0.2) is 40.0 Å². The van der Waals surface area contributed by atoms with Crippen molar-refractivity contribution in [2.24, 2.45) is 5.73 Å². The average Bonchev–Trinajstić information content (AvgIpc) is 2.81. The molecule has 1 unspecified atom stereocenters. The molecule has 6 nitrogen and oxygen atoms in total. The third kappa shape index (κ3) is 3.35. The van der Waals surface area contributed by atoms with Crippen LogP contribution in [0.5, 0.6) is 0 Å². The Hall–Kier alpha value is -1.73. The van der Waals surface area contributed by atoms with Crippen LogP contribution in [0.4, 0.5) is 0 Å². The molecule has 2 aromatic rings. The fourth-order valence-corrected chi connectivity index (χ4v) is 4.71. The topological polar surface area (TPSA) is 81.2 Å². The molecule has 136 valence electrons. The molecule has 0 saturated carbocycles. The van der Waals surface area contributed by atoms with E-state index in [0.29, 0.717) is 6.54 Å². The van der Waals surface area contributed by atoms with Crippen LogP contribution in [0.2, 0.25) is 0 Å².